The molecule has 3 rings (SSSR count). The van der Waals surface area contributed by atoms with E-state index in [1.165, 1.54) is 62.0 Å². The summed E-state index contributed by atoms with van der Waals surface area (Å²) in [7, 11) is -1.03. The second-order valence-corrected chi connectivity index (χ2v) is 8.57. The molecule has 1 aromatic heterocycles. The first-order valence-electron chi connectivity index (χ1n) is 8.58. The van der Waals surface area contributed by atoms with E-state index in [2.05, 4.69) is 14.8 Å². The SMILES string of the molecule is COC(=O)c1ccsc1NC(=O)c1ccc(NS(=O)(=O)c2ccc(OC)cc2)cc1. The van der Waals surface area contributed by atoms with Crippen molar-refractivity contribution in [3.63, 3.8) is 0 Å². The Morgan fingerprint density at radius 1 is 0.933 bits per heavy atom. The van der Waals surface area contributed by atoms with Crippen LogP contribution in [-0.4, -0.2) is 34.5 Å². The van der Waals surface area contributed by atoms with Gasteiger partial charge in [0, 0.05) is 11.3 Å². The van der Waals surface area contributed by atoms with Gasteiger partial charge in [-0.3, -0.25) is 9.52 Å². The van der Waals surface area contributed by atoms with Gasteiger partial charge in [0.15, 0.2) is 0 Å². The van der Waals surface area contributed by atoms with E-state index < -0.39 is 21.9 Å². The topological polar surface area (TPSA) is 111 Å². The molecule has 156 valence electrons. The van der Waals surface area contributed by atoms with Crippen molar-refractivity contribution < 1.29 is 27.5 Å². The number of carbonyl (C=O) groups is 2. The van der Waals surface area contributed by atoms with E-state index in [9.17, 15) is 18.0 Å². The van der Waals surface area contributed by atoms with Gasteiger partial charge in [0.25, 0.3) is 15.9 Å². The molecule has 1 amide bonds. The molecule has 8 nitrogen and oxygen atoms in total. The molecule has 0 aliphatic rings. The summed E-state index contributed by atoms with van der Waals surface area (Å²) < 4.78 is 37.1. The predicted molar refractivity (Wildman–Crippen MR) is 114 cm³/mol. The first-order chi connectivity index (χ1) is 14.3. The largest absolute Gasteiger partial charge is 0.497 e. The molecular formula is C20H18N2O6S2. The summed E-state index contributed by atoms with van der Waals surface area (Å²) in [6.45, 7) is 0. The number of carbonyl (C=O) groups excluding carboxylic acids is 2. The Bertz CT molecular complexity index is 1150. The fourth-order valence-corrected chi connectivity index (χ4v) is 4.34. The minimum Gasteiger partial charge on any atom is -0.497 e. The van der Waals surface area contributed by atoms with Crippen LogP contribution in [0.5, 0.6) is 5.75 Å². The first-order valence-corrected chi connectivity index (χ1v) is 10.9. The van der Waals surface area contributed by atoms with E-state index >= 15 is 0 Å². The Kier molecular flexibility index (Phi) is 6.38. The number of anilines is 2. The highest BCUT2D eigenvalue weighted by molar-refractivity contribution is 7.92. The average molecular weight is 447 g/mol. The Balaban J connectivity index is 1.70. The fourth-order valence-electron chi connectivity index (χ4n) is 2.51. The highest BCUT2D eigenvalue weighted by atomic mass is 32.2. The number of amides is 1. The van der Waals surface area contributed by atoms with Gasteiger partial charge in [0.05, 0.1) is 24.7 Å². The zero-order valence-electron chi connectivity index (χ0n) is 16.0. The van der Waals surface area contributed by atoms with Crippen LogP contribution in [0.2, 0.25) is 0 Å². The van der Waals surface area contributed by atoms with Gasteiger partial charge in [0.1, 0.15) is 10.8 Å². The van der Waals surface area contributed by atoms with Crippen LogP contribution < -0.4 is 14.8 Å². The summed E-state index contributed by atoms with van der Waals surface area (Å²) in [4.78, 5) is 24.2. The van der Waals surface area contributed by atoms with Crippen molar-refractivity contribution in [2.24, 2.45) is 0 Å². The number of methoxy groups -OCH3 is 2. The number of hydrogen-bond acceptors (Lipinski definition) is 7. The number of thiophene rings is 1. The second-order valence-electron chi connectivity index (χ2n) is 5.97. The maximum atomic E-state index is 12.5. The third-order valence-electron chi connectivity index (χ3n) is 4.07. The lowest BCUT2D eigenvalue weighted by Gasteiger charge is -2.10. The van der Waals surface area contributed by atoms with Gasteiger partial charge in [-0.2, -0.15) is 0 Å². The van der Waals surface area contributed by atoms with E-state index in [4.69, 9.17) is 4.74 Å². The molecule has 1 heterocycles. The van der Waals surface area contributed by atoms with E-state index in [-0.39, 0.29) is 10.5 Å². The van der Waals surface area contributed by atoms with Crippen molar-refractivity contribution in [3.8, 4) is 5.75 Å². The first kappa shape index (κ1) is 21.3. The number of benzene rings is 2. The zero-order chi connectivity index (χ0) is 21.7. The molecule has 3 aromatic rings. The average Bonchev–Trinajstić information content (AvgIpc) is 3.21. The zero-order valence-corrected chi connectivity index (χ0v) is 17.7. The third-order valence-corrected chi connectivity index (χ3v) is 6.29. The van der Waals surface area contributed by atoms with Gasteiger partial charge in [0.2, 0.25) is 0 Å². The number of esters is 1. The lowest BCUT2D eigenvalue weighted by Crippen LogP contribution is -2.15. The van der Waals surface area contributed by atoms with Crippen LogP contribution in [0.3, 0.4) is 0 Å². The van der Waals surface area contributed by atoms with Crippen LogP contribution in [0.25, 0.3) is 0 Å². The summed E-state index contributed by atoms with van der Waals surface area (Å²) in [5, 5.41) is 4.69. The van der Waals surface area contributed by atoms with Crippen LogP contribution in [0, 0.1) is 0 Å². The van der Waals surface area contributed by atoms with Gasteiger partial charge in [-0.25, -0.2) is 13.2 Å². The molecule has 10 heteroatoms. The van der Waals surface area contributed by atoms with Crippen molar-refractivity contribution in [2.45, 2.75) is 4.90 Å². The lowest BCUT2D eigenvalue weighted by atomic mass is 10.2. The van der Waals surface area contributed by atoms with Gasteiger partial charge in [-0.05, 0) is 60.0 Å². The molecule has 30 heavy (non-hydrogen) atoms. The standard InChI is InChI=1S/C20H18N2O6S2/c1-27-15-7-9-16(10-8-15)30(25,26)22-14-5-3-13(4-6-14)18(23)21-19-17(11-12-29-19)20(24)28-2/h3-12,22H,1-2H3,(H,21,23). The molecule has 0 aliphatic carbocycles. The highest BCUT2D eigenvalue weighted by Crippen LogP contribution is 2.25. The quantitative estimate of drug-likeness (QED) is 0.537. The molecule has 0 aliphatic heterocycles. The molecule has 0 radical (unpaired) electrons. The van der Waals surface area contributed by atoms with Crippen molar-refractivity contribution >= 4 is 43.9 Å². The predicted octanol–water partition coefficient (Wildman–Crippen LogP) is 3.60. The maximum Gasteiger partial charge on any atom is 0.340 e. The normalized spacial score (nSPS) is 10.9. The van der Waals surface area contributed by atoms with Gasteiger partial charge < -0.3 is 14.8 Å². The minimum absolute atomic E-state index is 0.0816. The summed E-state index contributed by atoms with van der Waals surface area (Å²) in [5.74, 6) is -0.438. The number of hydrogen-bond donors (Lipinski definition) is 2. The summed E-state index contributed by atoms with van der Waals surface area (Å²) in [6, 6.07) is 13.4. The van der Waals surface area contributed by atoms with Gasteiger partial charge >= 0.3 is 5.97 Å². The van der Waals surface area contributed by atoms with Crippen molar-refractivity contribution in [3.05, 3.63) is 71.1 Å². The molecule has 0 saturated carbocycles. The summed E-state index contributed by atoms with van der Waals surface area (Å²) in [6.07, 6.45) is 0. The molecule has 0 bridgehead atoms. The molecule has 0 saturated heterocycles. The Hall–Kier alpha value is -3.37. The summed E-state index contributed by atoms with van der Waals surface area (Å²) >= 11 is 1.19. The highest BCUT2D eigenvalue weighted by Gasteiger charge is 2.17. The molecule has 2 N–H and O–H groups in total. The van der Waals surface area contributed by atoms with Crippen LogP contribution in [0.1, 0.15) is 20.7 Å². The second kappa shape index (κ2) is 8.97. The van der Waals surface area contributed by atoms with Crippen LogP contribution >= 0.6 is 11.3 Å². The number of rotatable bonds is 7. The molecule has 0 fully saturated rings. The number of ether oxygens (including phenoxy) is 2. The lowest BCUT2D eigenvalue weighted by molar-refractivity contribution is 0.0602. The molecule has 0 atom stereocenters. The molecule has 0 spiro atoms. The Labute approximate surface area is 177 Å². The molecule has 2 aromatic carbocycles. The monoisotopic (exact) mass is 446 g/mol. The van der Waals surface area contributed by atoms with E-state index in [1.807, 2.05) is 0 Å². The Morgan fingerprint density at radius 2 is 1.60 bits per heavy atom. The number of nitrogens with one attached hydrogen (secondary N) is 2. The fraction of sp³-hybridized carbons (Fsp3) is 0.100. The van der Waals surface area contributed by atoms with E-state index in [0.717, 1.165) is 0 Å². The smallest absolute Gasteiger partial charge is 0.340 e. The van der Waals surface area contributed by atoms with E-state index in [0.29, 0.717) is 22.0 Å². The van der Waals surface area contributed by atoms with Crippen molar-refractivity contribution in [2.75, 3.05) is 24.3 Å². The number of sulfonamides is 1. The molecular weight excluding hydrogens is 428 g/mol. The maximum absolute atomic E-state index is 12.5. The minimum atomic E-state index is -3.79. The van der Waals surface area contributed by atoms with Crippen molar-refractivity contribution in [1.29, 1.82) is 0 Å². The molecule has 0 unspecified atom stereocenters. The van der Waals surface area contributed by atoms with Gasteiger partial charge in [-0.1, -0.05) is 0 Å². The third kappa shape index (κ3) is 4.78. The van der Waals surface area contributed by atoms with Crippen LogP contribution in [-0.2, 0) is 14.8 Å². The Morgan fingerprint density at radius 3 is 2.20 bits per heavy atom. The van der Waals surface area contributed by atoms with Crippen LogP contribution in [0.15, 0.2) is 64.9 Å². The van der Waals surface area contributed by atoms with Crippen LogP contribution in [0.4, 0.5) is 10.7 Å². The summed E-state index contributed by atoms with van der Waals surface area (Å²) in [5.41, 5.74) is 0.861. The van der Waals surface area contributed by atoms with E-state index in [1.54, 1.807) is 23.6 Å². The van der Waals surface area contributed by atoms with Gasteiger partial charge in [-0.15, -0.1) is 11.3 Å². The van der Waals surface area contributed by atoms with Crippen molar-refractivity contribution in [1.82, 2.24) is 0 Å².